The maximum absolute atomic E-state index is 17.4. The molecule has 1 fully saturated rings. The molecule has 14 heteroatoms. The number of aryl methyl sites for hydroxylation is 1. The van der Waals surface area contributed by atoms with E-state index < -0.39 is 51.0 Å². The molecule has 240 valence electrons. The van der Waals surface area contributed by atoms with E-state index >= 15 is 13.2 Å². The standard InChI is InChI=1S/C32H30Cl2F3N7O2/c1-6-19(45)42-9-10-43-16(13-42)12-41(5)29-22-30(25(37)20(24(29)36)21-23(35)17(33)11-18(34)26(21)38)44(32(46)40-31(22)43)28-15(4)7-8-39-27(28)14(2)3/h6-8,11,14,16H,1,9-10,12-13,38H2,2-5H3. The fraction of sp³-hybridized carbons (Fsp3) is 0.312. The van der Waals surface area contributed by atoms with Crippen LogP contribution in [0.2, 0.25) is 10.0 Å². The van der Waals surface area contributed by atoms with E-state index in [9.17, 15) is 9.59 Å². The molecule has 4 heterocycles. The van der Waals surface area contributed by atoms with Gasteiger partial charge in [-0.25, -0.2) is 18.0 Å². The van der Waals surface area contributed by atoms with Gasteiger partial charge in [-0.15, -0.1) is 0 Å². The van der Waals surface area contributed by atoms with Crippen LogP contribution in [0, 0.1) is 24.4 Å². The summed E-state index contributed by atoms with van der Waals surface area (Å²) in [6.07, 6.45) is 2.79. The average Bonchev–Trinajstić information content (AvgIpc) is 3.13. The Bertz CT molecular complexity index is 2010. The van der Waals surface area contributed by atoms with Crippen molar-refractivity contribution in [2.75, 3.05) is 48.8 Å². The number of halogens is 5. The van der Waals surface area contributed by atoms with Crippen LogP contribution in [0.5, 0.6) is 0 Å². The molecule has 6 rings (SSSR count). The van der Waals surface area contributed by atoms with Gasteiger partial charge in [0.05, 0.1) is 49.8 Å². The van der Waals surface area contributed by atoms with Crippen molar-refractivity contribution in [2.24, 2.45) is 0 Å². The first kappa shape index (κ1) is 31.7. The Morgan fingerprint density at radius 1 is 1.09 bits per heavy atom. The first-order valence-corrected chi connectivity index (χ1v) is 15.3. The van der Waals surface area contributed by atoms with Gasteiger partial charge in [0.25, 0.3) is 0 Å². The number of hydrogen-bond donors (Lipinski definition) is 1. The van der Waals surface area contributed by atoms with Gasteiger partial charge < -0.3 is 20.4 Å². The molecule has 0 radical (unpaired) electrons. The molecule has 2 aliphatic rings. The second-order valence-corrected chi connectivity index (χ2v) is 12.6. The maximum Gasteiger partial charge on any atom is 0.354 e. The van der Waals surface area contributed by atoms with Gasteiger partial charge >= 0.3 is 5.69 Å². The lowest BCUT2D eigenvalue weighted by Gasteiger charge is -2.41. The predicted molar refractivity (Wildman–Crippen MR) is 175 cm³/mol. The van der Waals surface area contributed by atoms with Crippen LogP contribution >= 0.6 is 23.2 Å². The third-order valence-electron chi connectivity index (χ3n) is 8.66. The van der Waals surface area contributed by atoms with Gasteiger partial charge in [0.15, 0.2) is 17.5 Å². The van der Waals surface area contributed by atoms with Crippen LogP contribution in [0.4, 0.5) is 30.4 Å². The van der Waals surface area contributed by atoms with Crippen molar-refractivity contribution in [1.82, 2.24) is 19.4 Å². The fourth-order valence-electron chi connectivity index (χ4n) is 6.54. The SMILES string of the molecule is C=CC(=O)N1CCN2c3nc(=O)n(-c4c(C)ccnc4C(C)C)c4c(F)c(-c5c(N)c(Cl)cc(Cl)c5F)c(F)c(c34)N(C)CC2C1. The highest BCUT2D eigenvalue weighted by molar-refractivity contribution is 6.37. The van der Waals surface area contributed by atoms with Crippen LogP contribution in [0.25, 0.3) is 27.7 Å². The minimum atomic E-state index is -1.26. The summed E-state index contributed by atoms with van der Waals surface area (Å²) in [5, 5.41) is -0.701. The number of carbonyl (C=O) groups is 1. The first-order valence-electron chi connectivity index (χ1n) is 14.5. The largest absolute Gasteiger partial charge is 0.397 e. The van der Waals surface area contributed by atoms with Crippen molar-refractivity contribution in [3.05, 3.63) is 80.2 Å². The number of carbonyl (C=O) groups excluding carboxylic acids is 1. The molecular weight excluding hydrogens is 642 g/mol. The van der Waals surface area contributed by atoms with E-state index in [2.05, 4.69) is 16.5 Å². The van der Waals surface area contributed by atoms with Gasteiger partial charge in [-0.2, -0.15) is 4.98 Å². The van der Waals surface area contributed by atoms with Crippen molar-refractivity contribution in [1.29, 1.82) is 0 Å². The number of hydrogen-bond acceptors (Lipinski definition) is 7. The van der Waals surface area contributed by atoms with Gasteiger partial charge in [-0.3, -0.25) is 14.3 Å². The first-order chi connectivity index (χ1) is 21.8. The Labute approximate surface area is 272 Å². The number of benzene rings is 2. The molecule has 0 saturated carbocycles. The summed E-state index contributed by atoms with van der Waals surface area (Å²) >= 11 is 12.3. The Morgan fingerprint density at radius 2 is 1.80 bits per heavy atom. The van der Waals surface area contributed by atoms with Crippen LogP contribution in [-0.2, 0) is 4.79 Å². The molecule has 1 atom stereocenters. The number of amides is 1. The van der Waals surface area contributed by atoms with Gasteiger partial charge in [0.2, 0.25) is 5.91 Å². The smallest absolute Gasteiger partial charge is 0.354 e. The summed E-state index contributed by atoms with van der Waals surface area (Å²) in [7, 11) is 1.59. The monoisotopic (exact) mass is 671 g/mol. The summed E-state index contributed by atoms with van der Waals surface area (Å²) in [5.74, 6) is -4.03. The minimum Gasteiger partial charge on any atom is -0.397 e. The van der Waals surface area contributed by atoms with E-state index in [0.29, 0.717) is 11.3 Å². The predicted octanol–water partition coefficient (Wildman–Crippen LogP) is 5.84. The van der Waals surface area contributed by atoms with Gasteiger partial charge in [-0.05, 0) is 36.6 Å². The highest BCUT2D eigenvalue weighted by Gasteiger charge is 2.40. The molecule has 2 aromatic carbocycles. The fourth-order valence-corrected chi connectivity index (χ4v) is 7.00. The van der Waals surface area contributed by atoms with Crippen LogP contribution in [-0.4, -0.2) is 64.6 Å². The summed E-state index contributed by atoms with van der Waals surface area (Å²) in [6, 6.07) is 2.25. The number of nitrogen functional groups attached to an aromatic ring is 1. The molecular formula is C32H30Cl2F3N7O2. The number of nitrogens with two attached hydrogens (primary N) is 1. The zero-order chi connectivity index (χ0) is 33.4. The van der Waals surface area contributed by atoms with E-state index in [1.54, 1.807) is 40.9 Å². The second kappa shape index (κ2) is 11.5. The van der Waals surface area contributed by atoms with E-state index in [-0.39, 0.29) is 71.1 Å². The zero-order valence-electron chi connectivity index (χ0n) is 25.5. The lowest BCUT2D eigenvalue weighted by Crippen LogP contribution is -2.57. The zero-order valence-corrected chi connectivity index (χ0v) is 27.0. The Hall–Kier alpha value is -4.29. The second-order valence-electron chi connectivity index (χ2n) is 11.8. The van der Waals surface area contributed by atoms with E-state index in [1.165, 1.54) is 6.08 Å². The summed E-state index contributed by atoms with van der Waals surface area (Å²) < 4.78 is 51.3. The lowest BCUT2D eigenvalue weighted by molar-refractivity contribution is -0.126. The van der Waals surface area contributed by atoms with Gasteiger partial charge in [0, 0.05) is 45.0 Å². The van der Waals surface area contributed by atoms with Gasteiger partial charge in [0.1, 0.15) is 11.3 Å². The molecule has 1 unspecified atom stereocenters. The highest BCUT2D eigenvalue weighted by Crippen LogP contribution is 2.48. The number of nitrogens with zero attached hydrogens (tertiary/aromatic N) is 6. The van der Waals surface area contributed by atoms with Crippen molar-refractivity contribution in [2.45, 2.75) is 32.7 Å². The van der Waals surface area contributed by atoms with Crippen LogP contribution in [0.15, 0.2) is 35.8 Å². The maximum atomic E-state index is 17.4. The summed E-state index contributed by atoms with van der Waals surface area (Å²) in [6.45, 7) is 9.88. The number of aromatic nitrogens is 3. The molecule has 4 aromatic rings. The molecule has 46 heavy (non-hydrogen) atoms. The van der Waals surface area contributed by atoms with Crippen molar-refractivity contribution >= 4 is 57.2 Å². The van der Waals surface area contributed by atoms with Crippen molar-refractivity contribution in [3.63, 3.8) is 0 Å². The summed E-state index contributed by atoms with van der Waals surface area (Å²) in [5.41, 5.74) is 4.22. The van der Waals surface area contributed by atoms with E-state index in [4.69, 9.17) is 28.9 Å². The molecule has 1 amide bonds. The molecule has 0 spiro atoms. The molecule has 2 aliphatic heterocycles. The number of pyridine rings is 1. The van der Waals surface area contributed by atoms with Crippen molar-refractivity contribution < 1.29 is 18.0 Å². The molecule has 0 bridgehead atoms. The number of likely N-dealkylation sites (N-methyl/N-ethyl adjacent to an activating group) is 1. The molecule has 0 aliphatic carbocycles. The van der Waals surface area contributed by atoms with E-state index in [1.807, 2.05) is 13.8 Å². The third kappa shape index (κ3) is 4.68. The van der Waals surface area contributed by atoms with Crippen LogP contribution in [0.3, 0.4) is 0 Å². The molecule has 1 saturated heterocycles. The van der Waals surface area contributed by atoms with Crippen LogP contribution < -0.4 is 21.2 Å². The number of piperazine rings is 1. The quantitative estimate of drug-likeness (QED) is 0.165. The summed E-state index contributed by atoms with van der Waals surface area (Å²) in [4.78, 5) is 40.6. The number of rotatable bonds is 4. The Kier molecular flexibility index (Phi) is 7.92. The van der Waals surface area contributed by atoms with Gasteiger partial charge in [-0.1, -0.05) is 43.6 Å². The third-order valence-corrected chi connectivity index (χ3v) is 9.25. The van der Waals surface area contributed by atoms with Crippen molar-refractivity contribution in [3.8, 4) is 16.8 Å². The van der Waals surface area contributed by atoms with E-state index in [0.717, 1.165) is 10.6 Å². The molecule has 9 nitrogen and oxygen atoms in total. The number of anilines is 3. The normalized spacial score (nSPS) is 16.2. The minimum absolute atomic E-state index is 0.00286. The molecule has 2 N–H and O–H groups in total. The lowest BCUT2D eigenvalue weighted by atomic mass is 9.97. The average molecular weight is 673 g/mol. The Morgan fingerprint density at radius 3 is 2.48 bits per heavy atom. The molecule has 2 aromatic heterocycles. The topological polar surface area (TPSA) is 101 Å². The number of fused-ring (bicyclic) bond motifs is 2. The van der Waals surface area contributed by atoms with Crippen LogP contribution in [0.1, 0.15) is 31.0 Å². The Balaban J connectivity index is 1.81. The highest BCUT2D eigenvalue weighted by atomic mass is 35.5.